The topological polar surface area (TPSA) is 87.2 Å². The Bertz CT molecular complexity index is 543. The second-order valence-corrected chi connectivity index (χ2v) is 5.33. The van der Waals surface area contributed by atoms with Gasteiger partial charge < -0.3 is 9.84 Å². The van der Waals surface area contributed by atoms with E-state index in [1.54, 1.807) is 0 Å². The Labute approximate surface area is 122 Å². The maximum absolute atomic E-state index is 9.16. The molecule has 21 heavy (non-hydrogen) atoms. The van der Waals surface area contributed by atoms with Gasteiger partial charge >= 0.3 is 0 Å². The molecule has 1 aliphatic rings. The molecule has 3 rings (SSSR count). The fourth-order valence-electron chi connectivity index (χ4n) is 2.55. The van der Waals surface area contributed by atoms with Crippen LogP contribution in [0, 0.1) is 5.92 Å². The van der Waals surface area contributed by atoms with Crippen LogP contribution in [0.15, 0.2) is 24.3 Å². The summed E-state index contributed by atoms with van der Waals surface area (Å²) in [7, 11) is 0. The fourth-order valence-corrected chi connectivity index (χ4v) is 2.55. The molecule has 0 saturated carbocycles. The van der Waals surface area contributed by atoms with Crippen molar-refractivity contribution >= 4 is 0 Å². The molecule has 0 bridgehead atoms. The highest BCUT2D eigenvalue weighted by Crippen LogP contribution is 2.19. The molecule has 0 aliphatic carbocycles. The number of ether oxygens (including phenoxy) is 1. The minimum absolute atomic E-state index is 0.291. The fraction of sp³-hybridized carbons (Fsp3) is 0.500. The minimum atomic E-state index is 0.291. The van der Waals surface area contributed by atoms with Crippen LogP contribution in [0.1, 0.15) is 17.8 Å². The third-order valence-electron chi connectivity index (χ3n) is 3.71. The number of likely N-dealkylation sites (tertiary alicyclic amines) is 1. The molecule has 1 saturated heterocycles. The van der Waals surface area contributed by atoms with Gasteiger partial charge in [0.2, 0.25) is 5.82 Å². The average molecular weight is 289 g/mol. The van der Waals surface area contributed by atoms with Crippen molar-refractivity contribution in [3.05, 3.63) is 35.7 Å². The predicted molar refractivity (Wildman–Crippen MR) is 75.4 cm³/mol. The van der Waals surface area contributed by atoms with Crippen LogP contribution in [0.3, 0.4) is 0 Å². The van der Waals surface area contributed by atoms with Crippen molar-refractivity contribution in [2.24, 2.45) is 5.92 Å². The molecule has 1 aromatic carbocycles. The Balaban J connectivity index is 1.50. The first-order chi connectivity index (χ1) is 10.3. The summed E-state index contributed by atoms with van der Waals surface area (Å²) in [5.41, 5.74) is 1.25. The first-order valence-electron chi connectivity index (χ1n) is 7.11. The van der Waals surface area contributed by atoms with Gasteiger partial charge in [-0.2, -0.15) is 5.21 Å². The van der Waals surface area contributed by atoms with E-state index in [-0.39, 0.29) is 0 Å². The lowest BCUT2D eigenvalue weighted by Crippen LogP contribution is -2.20. The summed E-state index contributed by atoms with van der Waals surface area (Å²) in [6, 6.07) is 8.04. The molecule has 2 N–H and O–H groups in total. The van der Waals surface area contributed by atoms with Crippen molar-refractivity contribution in [2.75, 3.05) is 19.7 Å². The Kier molecular flexibility index (Phi) is 4.42. The van der Waals surface area contributed by atoms with Gasteiger partial charge in [-0.15, -0.1) is 10.2 Å². The van der Waals surface area contributed by atoms with Crippen LogP contribution in [-0.2, 0) is 13.2 Å². The summed E-state index contributed by atoms with van der Waals surface area (Å²) in [5, 5.41) is 22.7. The number of rotatable bonds is 6. The maximum atomic E-state index is 9.16. The zero-order chi connectivity index (χ0) is 14.5. The van der Waals surface area contributed by atoms with E-state index in [0.717, 1.165) is 31.8 Å². The zero-order valence-corrected chi connectivity index (χ0v) is 11.8. The second-order valence-electron chi connectivity index (χ2n) is 5.33. The molecule has 0 radical (unpaired) electrons. The number of aromatic nitrogens is 4. The highest BCUT2D eigenvalue weighted by Gasteiger charge is 2.21. The van der Waals surface area contributed by atoms with Gasteiger partial charge in [0.15, 0.2) is 6.61 Å². The minimum Gasteiger partial charge on any atom is -0.485 e. The SMILES string of the molecule is OCC1CCN(Cc2ccc(OCc3nn[nH]n3)cc2)C1. The molecule has 112 valence electrons. The van der Waals surface area contributed by atoms with Gasteiger partial charge in [0.05, 0.1) is 0 Å². The van der Waals surface area contributed by atoms with Crippen molar-refractivity contribution in [1.82, 2.24) is 25.5 Å². The summed E-state index contributed by atoms with van der Waals surface area (Å²) in [6.07, 6.45) is 1.09. The van der Waals surface area contributed by atoms with Gasteiger partial charge in [0.1, 0.15) is 5.75 Å². The number of hydrogen-bond donors (Lipinski definition) is 2. The molecule has 1 aliphatic heterocycles. The first kappa shape index (κ1) is 14.0. The van der Waals surface area contributed by atoms with Gasteiger partial charge in [0, 0.05) is 19.7 Å². The zero-order valence-electron chi connectivity index (χ0n) is 11.8. The lowest BCUT2D eigenvalue weighted by molar-refractivity contribution is 0.220. The van der Waals surface area contributed by atoms with Gasteiger partial charge in [0.25, 0.3) is 0 Å². The quantitative estimate of drug-likeness (QED) is 0.809. The number of aromatic amines is 1. The summed E-state index contributed by atoms with van der Waals surface area (Å²) < 4.78 is 5.58. The maximum Gasteiger partial charge on any atom is 0.211 e. The second kappa shape index (κ2) is 6.64. The lowest BCUT2D eigenvalue weighted by Gasteiger charge is -2.15. The first-order valence-corrected chi connectivity index (χ1v) is 7.11. The summed E-state index contributed by atoms with van der Waals surface area (Å²) in [6.45, 7) is 3.55. The van der Waals surface area contributed by atoms with Crippen molar-refractivity contribution in [3.63, 3.8) is 0 Å². The smallest absolute Gasteiger partial charge is 0.211 e. The van der Waals surface area contributed by atoms with E-state index in [1.165, 1.54) is 5.56 Å². The number of nitrogens with one attached hydrogen (secondary N) is 1. The van der Waals surface area contributed by atoms with Crippen LogP contribution >= 0.6 is 0 Å². The third kappa shape index (κ3) is 3.77. The predicted octanol–water partition coefficient (Wildman–Crippen LogP) is 0.593. The molecule has 1 fully saturated rings. The van der Waals surface area contributed by atoms with Crippen LogP contribution in [0.4, 0.5) is 0 Å². The Morgan fingerprint density at radius 3 is 2.86 bits per heavy atom. The van der Waals surface area contributed by atoms with Crippen LogP contribution in [0.5, 0.6) is 5.75 Å². The molecule has 7 heteroatoms. The number of H-pyrrole nitrogens is 1. The molecular formula is C14H19N5O2. The number of hydrogen-bond acceptors (Lipinski definition) is 6. The van der Waals surface area contributed by atoms with Crippen LogP contribution < -0.4 is 4.74 Å². The van der Waals surface area contributed by atoms with Gasteiger partial charge in [-0.25, -0.2) is 0 Å². The number of tetrazole rings is 1. The van der Waals surface area contributed by atoms with Gasteiger partial charge in [-0.3, -0.25) is 4.90 Å². The molecule has 2 heterocycles. The van der Waals surface area contributed by atoms with Crippen molar-refractivity contribution in [1.29, 1.82) is 0 Å². The summed E-state index contributed by atoms with van der Waals surface area (Å²) in [4.78, 5) is 2.37. The molecule has 1 atom stereocenters. The van der Waals surface area contributed by atoms with Crippen LogP contribution in [-0.4, -0.2) is 50.3 Å². The number of benzene rings is 1. The molecule has 0 spiro atoms. The van der Waals surface area contributed by atoms with Gasteiger partial charge in [-0.05, 0) is 36.6 Å². The largest absolute Gasteiger partial charge is 0.485 e. The van der Waals surface area contributed by atoms with E-state index in [0.29, 0.717) is 25.0 Å². The molecule has 2 aromatic rings. The average Bonchev–Trinajstić information content (AvgIpc) is 3.18. The Morgan fingerprint density at radius 2 is 2.19 bits per heavy atom. The van der Waals surface area contributed by atoms with E-state index in [2.05, 4.69) is 37.7 Å². The summed E-state index contributed by atoms with van der Waals surface area (Å²) >= 11 is 0. The highest BCUT2D eigenvalue weighted by molar-refractivity contribution is 5.27. The van der Waals surface area contributed by atoms with Crippen LogP contribution in [0.25, 0.3) is 0 Å². The number of aliphatic hydroxyl groups excluding tert-OH is 1. The number of nitrogens with zero attached hydrogens (tertiary/aromatic N) is 4. The standard InChI is InChI=1S/C14H19N5O2/c20-9-12-5-6-19(8-12)7-11-1-3-13(4-2-11)21-10-14-15-17-18-16-14/h1-4,12,20H,5-10H2,(H,15,16,17,18). The molecule has 7 nitrogen and oxygen atoms in total. The van der Waals surface area contributed by atoms with E-state index >= 15 is 0 Å². The molecular weight excluding hydrogens is 270 g/mol. The van der Waals surface area contributed by atoms with Crippen molar-refractivity contribution in [3.8, 4) is 5.75 Å². The van der Waals surface area contributed by atoms with E-state index in [1.807, 2.05) is 12.1 Å². The lowest BCUT2D eigenvalue weighted by atomic mass is 10.1. The summed E-state index contributed by atoms with van der Waals surface area (Å²) in [5.74, 6) is 1.76. The van der Waals surface area contributed by atoms with E-state index in [9.17, 15) is 0 Å². The monoisotopic (exact) mass is 289 g/mol. The van der Waals surface area contributed by atoms with Gasteiger partial charge in [-0.1, -0.05) is 17.3 Å². The molecule has 1 aromatic heterocycles. The Morgan fingerprint density at radius 1 is 1.33 bits per heavy atom. The van der Waals surface area contributed by atoms with Crippen LogP contribution in [0.2, 0.25) is 0 Å². The molecule has 0 amide bonds. The van der Waals surface area contributed by atoms with Crippen molar-refractivity contribution in [2.45, 2.75) is 19.6 Å². The normalized spacial score (nSPS) is 19.0. The number of aliphatic hydroxyl groups is 1. The molecule has 1 unspecified atom stereocenters. The van der Waals surface area contributed by atoms with E-state index in [4.69, 9.17) is 9.84 Å². The highest BCUT2D eigenvalue weighted by atomic mass is 16.5. The third-order valence-corrected chi connectivity index (χ3v) is 3.71. The Hall–Kier alpha value is -1.99. The van der Waals surface area contributed by atoms with E-state index < -0.39 is 0 Å². The van der Waals surface area contributed by atoms with Crippen molar-refractivity contribution < 1.29 is 9.84 Å².